The highest BCUT2D eigenvalue weighted by molar-refractivity contribution is 5.85. The fraction of sp³-hybridized carbons (Fsp3) is 0.500. The zero-order chi connectivity index (χ0) is 11.6. The Morgan fingerprint density at radius 3 is 2.53 bits per heavy atom. The van der Waals surface area contributed by atoms with Gasteiger partial charge in [0, 0.05) is 0 Å². The number of rotatable bonds is 3. The molecule has 1 N–H and O–H groups in total. The maximum atomic E-state index is 11.4. The van der Waals surface area contributed by atoms with Crippen molar-refractivity contribution in [1.29, 1.82) is 0 Å². The van der Waals surface area contributed by atoms with E-state index in [9.17, 15) is 9.59 Å². The Bertz CT molecular complexity index is 396. The Kier molecular flexibility index (Phi) is 2.74. The fourth-order valence-electron chi connectivity index (χ4n) is 0.978. The van der Waals surface area contributed by atoms with Crippen molar-refractivity contribution >= 4 is 11.9 Å². The van der Waals surface area contributed by atoms with Gasteiger partial charge in [-0.1, -0.05) is 5.21 Å². The number of aromatic nitrogens is 3. The minimum atomic E-state index is -1.19. The van der Waals surface area contributed by atoms with Gasteiger partial charge in [-0.05, 0) is 13.8 Å². The largest absolute Gasteiger partial charge is 0.476 e. The van der Waals surface area contributed by atoms with Gasteiger partial charge in [0.05, 0.1) is 13.3 Å². The van der Waals surface area contributed by atoms with Crippen molar-refractivity contribution in [3.8, 4) is 0 Å². The highest BCUT2D eigenvalue weighted by Crippen LogP contribution is 2.15. The lowest BCUT2D eigenvalue weighted by Gasteiger charge is -2.20. The predicted octanol–water partition coefficient (Wildman–Crippen LogP) is -0.116. The molecule has 0 unspecified atom stereocenters. The molecule has 0 fully saturated rings. The summed E-state index contributed by atoms with van der Waals surface area (Å²) in [5.41, 5.74) is -1.29. The first-order chi connectivity index (χ1) is 6.89. The second kappa shape index (κ2) is 3.68. The van der Waals surface area contributed by atoms with Gasteiger partial charge in [0.1, 0.15) is 0 Å². The number of nitrogens with zero attached hydrogens (tertiary/aromatic N) is 3. The molecule has 0 bridgehead atoms. The SMILES string of the molecule is COC(=O)C(C)(C)n1cc(C(=O)O)nn1. The van der Waals surface area contributed by atoms with Crippen LogP contribution in [0.4, 0.5) is 0 Å². The van der Waals surface area contributed by atoms with Gasteiger partial charge in [-0.2, -0.15) is 0 Å². The molecule has 0 saturated heterocycles. The number of ether oxygens (including phenoxy) is 1. The standard InChI is InChI=1S/C8H11N3O4/c1-8(2,7(14)15-3)11-4-5(6(12)13)9-10-11/h4H,1-3H3,(H,12,13). The normalized spacial score (nSPS) is 11.1. The van der Waals surface area contributed by atoms with Crippen LogP contribution in [-0.4, -0.2) is 39.1 Å². The van der Waals surface area contributed by atoms with Gasteiger partial charge in [-0.25, -0.2) is 14.3 Å². The van der Waals surface area contributed by atoms with Gasteiger partial charge in [0.25, 0.3) is 0 Å². The molecule has 1 aromatic rings. The summed E-state index contributed by atoms with van der Waals surface area (Å²) in [6.45, 7) is 3.11. The number of carboxylic acids is 1. The van der Waals surface area contributed by atoms with Crippen LogP contribution in [0.2, 0.25) is 0 Å². The molecule has 0 aliphatic rings. The van der Waals surface area contributed by atoms with E-state index < -0.39 is 17.5 Å². The predicted molar refractivity (Wildman–Crippen MR) is 48.3 cm³/mol. The van der Waals surface area contributed by atoms with E-state index >= 15 is 0 Å². The summed E-state index contributed by atoms with van der Waals surface area (Å²) in [6, 6.07) is 0. The van der Waals surface area contributed by atoms with Crippen LogP contribution in [0.25, 0.3) is 0 Å². The Balaban J connectivity index is 3.05. The van der Waals surface area contributed by atoms with E-state index in [-0.39, 0.29) is 5.69 Å². The molecule has 0 spiro atoms. The lowest BCUT2D eigenvalue weighted by Crippen LogP contribution is -2.37. The number of carbonyl (C=O) groups excluding carboxylic acids is 1. The molecule has 0 aromatic carbocycles. The van der Waals surface area contributed by atoms with E-state index in [0.29, 0.717) is 0 Å². The lowest BCUT2D eigenvalue weighted by atomic mass is 10.1. The van der Waals surface area contributed by atoms with Crippen LogP contribution >= 0.6 is 0 Å². The van der Waals surface area contributed by atoms with Crippen molar-refractivity contribution in [1.82, 2.24) is 15.0 Å². The lowest BCUT2D eigenvalue weighted by molar-refractivity contribution is -0.150. The smallest absolute Gasteiger partial charge is 0.358 e. The molecular weight excluding hydrogens is 202 g/mol. The van der Waals surface area contributed by atoms with Crippen molar-refractivity contribution < 1.29 is 19.4 Å². The molecule has 82 valence electrons. The van der Waals surface area contributed by atoms with Crippen molar-refractivity contribution in [2.24, 2.45) is 0 Å². The van der Waals surface area contributed by atoms with Gasteiger partial charge in [-0.3, -0.25) is 0 Å². The van der Waals surface area contributed by atoms with Gasteiger partial charge < -0.3 is 9.84 Å². The van der Waals surface area contributed by atoms with E-state index in [4.69, 9.17) is 5.11 Å². The fourth-order valence-corrected chi connectivity index (χ4v) is 0.978. The average Bonchev–Trinajstić information content (AvgIpc) is 2.65. The second-order valence-corrected chi connectivity index (χ2v) is 3.40. The number of aromatic carboxylic acids is 1. The molecule has 1 aromatic heterocycles. The first-order valence-electron chi connectivity index (χ1n) is 4.14. The molecule has 1 rings (SSSR count). The van der Waals surface area contributed by atoms with Gasteiger partial charge >= 0.3 is 11.9 Å². The topological polar surface area (TPSA) is 94.3 Å². The molecule has 7 nitrogen and oxygen atoms in total. The van der Waals surface area contributed by atoms with E-state index in [1.165, 1.54) is 13.3 Å². The third-order valence-corrected chi connectivity index (χ3v) is 1.97. The van der Waals surface area contributed by atoms with Crippen LogP contribution in [0.5, 0.6) is 0 Å². The Morgan fingerprint density at radius 2 is 2.13 bits per heavy atom. The molecule has 15 heavy (non-hydrogen) atoms. The minimum Gasteiger partial charge on any atom is -0.476 e. The summed E-state index contributed by atoms with van der Waals surface area (Å²) in [6.07, 6.45) is 1.18. The average molecular weight is 213 g/mol. The maximum absolute atomic E-state index is 11.4. The second-order valence-electron chi connectivity index (χ2n) is 3.40. The number of hydrogen-bond donors (Lipinski definition) is 1. The summed E-state index contributed by atoms with van der Waals surface area (Å²) >= 11 is 0. The molecular formula is C8H11N3O4. The molecule has 0 radical (unpaired) electrons. The summed E-state index contributed by atoms with van der Waals surface area (Å²) in [7, 11) is 1.25. The number of methoxy groups -OCH3 is 1. The van der Waals surface area contributed by atoms with Crippen LogP contribution in [0.3, 0.4) is 0 Å². The van der Waals surface area contributed by atoms with Crippen molar-refractivity contribution in [3.63, 3.8) is 0 Å². The van der Waals surface area contributed by atoms with E-state index in [1.807, 2.05) is 0 Å². The summed E-state index contributed by atoms with van der Waals surface area (Å²) in [5.74, 6) is -1.72. The van der Waals surface area contributed by atoms with Gasteiger partial charge in [0.15, 0.2) is 11.2 Å². The monoisotopic (exact) mass is 213 g/mol. The van der Waals surface area contributed by atoms with Crippen molar-refractivity contribution in [2.75, 3.05) is 7.11 Å². The molecule has 0 atom stereocenters. The quantitative estimate of drug-likeness (QED) is 0.703. The van der Waals surface area contributed by atoms with Gasteiger partial charge in [-0.15, -0.1) is 5.10 Å². The van der Waals surface area contributed by atoms with E-state index in [0.717, 1.165) is 4.68 Å². The van der Waals surface area contributed by atoms with Crippen LogP contribution in [0.15, 0.2) is 6.20 Å². The third kappa shape index (κ3) is 1.95. The molecule has 0 saturated carbocycles. The first-order valence-corrected chi connectivity index (χ1v) is 4.14. The number of esters is 1. The Hall–Kier alpha value is -1.92. The van der Waals surface area contributed by atoms with Crippen molar-refractivity contribution in [2.45, 2.75) is 19.4 Å². The number of hydrogen-bond acceptors (Lipinski definition) is 5. The molecule has 0 aliphatic carbocycles. The zero-order valence-corrected chi connectivity index (χ0v) is 8.59. The third-order valence-electron chi connectivity index (χ3n) is 1.97. The Labute approximate surface area is 85.6 Å². The van der Waals surface area contributed by atoms with Crippen LogP contribution in [0.1, 0.15) is 24.3 Å². The van der Waals surface area contributed by atoms with Crippen LogP contribution in [-0.2, 0) is 15.1 Å². The van der Waals surface area contributed by atoms with E-state index in [1.54, 1.807) is 13.8 Å². The molecule has 0 amide bonds. The molecule has 1 heterocycles. The zero-order valence-electron chi connectivity index (χ0n) is 8.59. The molecule has 0 aliphatic heterocycles. The van der Waals surface area contributed by atoms with E-state index in [2.05, 4.69) is 15.0 Å². The van der Waals surface area contributed by atoms with Gasteiger partial charge in [0.2, 0.25) is 0 Å². The summed E-state index contributed by atoms with van der Waals surface area (Å²) < 4.78 is 5.72. The number of carboxylic acid groups (broad SMARTS) is 1. The summed E-state index contributed by atoms with van der Waals surface area (Å²) in [5, 5.41) is 15.6. The highest BCUT2D eigenvalue weighted by Gasteiger charge is 2.32. The molecule has 7 heteroatoms. The van der Waals surface area contributed by atoms with Crippen LogP contribution in [0, 0.1) is 0 Å². The minimum absolute atomic E-state index is 0.216. The summed E-state index contributed by atoms with van der Waals surface area (Å²) in [4.78, 5) is 21.9. The maximum Gasteiger partial charge on any atom is 0.358 e. The Morgan fingerprint density at radius 1 is 1.53 bits per heavy atom. The first kappa shape index (κ1) is 11.2. The van der Waals surface area contributed by atoms with Crippen molar-refractivity contribution in [3.05, 3.63) is 11.9 Å². The highest BCUT2D eigenvalue weighted by atomic mass is 16.5. The van der Waals surface area contributed by atoms with Crippen LogP contribution < -0.4 is 0 Å². The number of carbonyl (C=O) groups is 2.